The van der Waals surface area contributed by atoms with Crippen LogP contribution in [0.25, 0.3) is 5.65 Å². The van der Waals surface area contributed by atoms with E-state index in [1.807, 2.05) is 0 Å². The molecule has 0 aliphatic carbocycles. The van der Waals surface area contributed by atoms with E-state index >= 15 is 0 Å². The van der Waals surface area contributed by atoms with Gasteiger partial charge in [0.25, 0.3) is 11.5 Å². The number of hydrogen-bond acceptors (Lipinski definition) is 3. The number of amides is 1. The standard InChI is InChI=1S/C10H9N3O2/c1-6-5-8(14)13-4-2-3-7(9(11)15)10(13)12-6/h2-5H,1H3,(H2,11,15). The highest BCUT2D eigenvalue weighted by molar-refractivity contribution is 5.98. The molecule has 0 radical (unpaired) electrons. The first-order chi connectivity index (χ1) is 7.09. The Balaban J connectivity index is 2.97. The van der Waals surface area contributed by atoms with Crippen LogP contribution in [-0.4, -0.2) is 15.3 Å². The van der Waals surface area contributed by atoms with Gasteiger partial charge in [0, 0.05) is 18.0 Å². The van der Waals surface area contributed by atoms with Crippen LogP contribution in [0, 0.1) is 6.92 Å². The summed E-state index contributed by atoms with van der Waals surface area (Å²) in [7, 11) is 0. The van der Waals surface area contributed by atoms with Crippen LogP contribution in [0.1, 0.15) is 16.1 Å². The minimum atomic E-state index is -0.592. The van der Waals surface area contributed by atoms with E-state index in [-0.39, 0.29) is 11.1 Å². The van der Waals surface area contributed by atoms with Gasteiger partial charge in [-0.2, -0.15) is 0 Å². The number of aryl methyl sites for hydroxylation is 1. The molecule has 0 saturated carbocycles. The molecule has 2 N–H and O–H groups in total. The van der Waals surface area contributed by atoms with Crippen LogP contribution < -0.4 is 11.3 Å². The van der Waals surface area contributed by atoms with Crippen molar-refractivity contribution in [3.05, 3.63) is 46.0 Å². The topological polar surface area (TPSA) is 77.5 Å². The minimum Gasteiger partial charge on any atom is -0.365 e. The first-order valence-corrected chi connectivity index (χ1v) is 4.38. The van der Waals surface area contributed by atoms with Crippen molar-refractivity contribution < 1.29 is 4.79 Å². The fraction of sp³-hybridized carbons (Fsp3) is 0.100. The summed E-state index contributed by atoms with van der Waals surface area (Å²) in [5.74, 6) is -0.592. The summed E-state index contributed by atoms with van der Waals surface area (Å²) in [5, 5.41) is 0. The van der Waals surface area contributed by atoms with Crippen LogP contribution >= 0.6 is 0 Å². The Morgan fingerprint density at radius 1 is 1.53 bits per heavy atom. The molecule has 0 saturated heterocycles. The lowest BCUT2D eigenvalue weighted by Crippen LogP contribution is -2.19. The first kappa shape index (κ1) is 9.39. The van der Waals surface area contributed by atoms with Gasteiger partial charge in [0.2, 0.25) is 0 Å². The summed E-state index contributed by atoms with van der Waals surface area (Å²) in [6.45, 7) is 1.69. The third kappa shape index (κ3) is 1.48. The van der Waals surface area contributed by atoms with E-state index in [9.17, 15) is 9.59 Å². The number of primary amides is 1. The highest BCUT2D eigenvalue weighted by Crippen LogP contribution is 2.05. The molecule has 2 aromatic heterocycles. The maximum atomic E-state index is 11.5. The largest absolute Gasteiger partial charge is 0.365 e. The van der Waals surface area contributed by atoms with Gasteiger partial charge in [-0.05, 0) is 19.1 Å². The van der Waals surface area contributed by atoms with Crippen molar-refractivity contribution in [2.24, 2.45) is 5.73 Å². The molecule has 2 aromatic rings. The van der Waals surface area contributed by atoms with Crippen molar-refractivity contribution in [3.8, 4) is 0 Å². The number of aromatic nitrogens is 2. The predicted octanol–water partition coefficient (Wildman–Crippen LogP) is 0.102. The zero-order valence-corrected chi connectivity index (χ0v) is 8.10. The quantitative estimate of drug-likeness (QED) is 0.714. The average Bonchev–Trinajstić information content (AvgIpc) is 2.16. The summed E-state index contributed by atoms with van der Waals surface area (Å²) < 4.78 is 1.30. The zero-order valence-electron chi connectivity index (χ0n) is 8.10. The maximum Gasteiger partial charge on any atom is 0.258 e. The molecular formula is C10H9N3O2. The van der Waals surface area contributed by atoms with Crippen LogP contribution in [0.4, 0.5) is 0 Å². The summed E-state index contributed by atoms with van der Waals surface area (Å²) >= 11 is 0. The van der Waals surface area contributed by atoms with E-state index < -0.39 is 5.91 Å². The summed E-state index contributed by atoms with van der Waals surface area (Å²) in [6, 6.07) is 4.53. The number of hydrogen-bond donors (Lipinski definition) is 1. The molecule has 0 spiro atoms. The normalized spacial score (nSPS) is 10.5. The number of carbonyl (C=O) groups is 1. The van der Waals surface area contributed by atoms with Crippen LogP contribution in [0.5, 0.6) is 0 Å². The van der Waals surface area contributed by atoms with Crippen LogP contribution in [0.2, 0.25) is 0 Å². The van der Waals surface area contributed by atoms with Gasteiger partial charge in [-0.15, -0.1) is 0 Å². The molecule has 0 bridgehead atoms. The van der Waals surface area contributed by atoms with Crippen molar-refractivity contribution in [1.29, 1.82) is 0 Å². The van der Waals surface area contributed by atoms with Crippen LogP contribution in [-0.2, 0) is 0 Å². The number of pyridine rings is 1. The molecule has 5 heteroatoms. The number of rotatable bonds is 1. The Hall–Kier alpha value is -2.17. The predicted molar refractivity (Wildman–Crippen MR) is 54.7 cm³/mol. The van der Waals surface area contributed by atoms with Crippen molar-refractivity contribution in [3.63, 3.8) is 0 Å². The lowest BCUT2D eigenvalue weighted by molar-refractivity contribution is 0.100. The fourth-order valence-electron chi connectivity index (χ4n) is 1.43. The van der Waals surface area contributed by atoms with E-state index in [1.165, 1.54) is 10.5 Å². The van der Waals surface area contributed by atoms with Crippen molar-refractivity contribution in [2.75, 3.05) is 0 Å². The van der Waals surface area contributed by atoms with Crippen LogP contribution in [0.15, 0.2) is 29.2 Å². The van der Waals surface area contributed by atoms with Gasteiger partial charge >= 0.3 is 0 Å². The lowest BCUT2D eigenvalue weighted by atomic mass is 10.2. The SMILES string of the molecule is Cc1cc(=O)n2cccc(C(N)=O)c2n1. The molecule has 0 aliphatic rings. The van der Waals surface area contributed by atoms with Gasteiger partial charge < -0.3 is 5.73 Å². The molecule has 2 rings (SSSR count). The second-order valence-electron chi connectivity index (χ2n) is 3.22. The second kappa shape index (κ2) is 3.20. The van der Waals surface area contributed by atoms with E-state index in [4.69, 9.17) is 5.73 Å². The number of fused-ring (bicyclic) bond motifs is 1. The average molecular weight is 203 g/mol. The van der Waals surface area contributed by atoms with Gasteiger partial charge in [-0.25, -0.2) is 4.98 Å². The molecule has 0 atom stereocenters. The molecule has 0 aromatic carbocycles. The Morgan fingerprint density at radius 3 is 2.93 bits per heavy atom. The molecule has 5 nitrogen and oxygen atoms in total. The second-order valence-corrected chi connectivity index (χ2v) is 3.22. The van der Waals surface area contributed by atoms with Gasteiger partial charge in [-0.1, -0.05) is 0 Å². The van der Waals surface area contributed by atoms with E-state index in [0.717, 1.165) is 0 Å². The Morgan fingerprint density at radius 2 is 2.27 bits per heavy atom. The third-order valence-corrected chi connectivity index (χ3v) is 2.08. The Bertz CT molecular complexity index is 601. The van der Waals surface area contributed by atoms with Crippen molar-refractivity contribution in [1.82, 2.24) is 9.38 Å². The molecule has 2 heterocycles. The Kier molecular flexibility index (Phi) is 2.00. The van der Waals surface area contributed by atoms with Crippen LogP contribution in [0.3, 0.4) is 0 Å². The van der Waals surface area contributed by atoms with Crippen molar-refractivity contribution >= 4 is 11.6 Å². The number of nitrogens with two attached hydrogens (primary N) is 1. The molecule has 76 valence electrons. The van der Waals surface area contributed by atoms with Crippen molar-refractivity contribution in [2.45, 2.75) is 6.92 Å². The minimum absolute atomic E-state index is 0.222. The van der Waals surface area contributed by atoms with E-state index in [0.29, 0.717) is 11.3 Å². The Labute approximate surface area is 85.2 Å². The number of carbonyl (C=O) groups excluding carboxylic acids is 1. The first-order valence-electron chi connectivity index (χ1n) is 4.38. The monoisotopic (exact) mass is 203 g/mol. The fourth-order valence-corrected chi connectivity index (χ4v) is 1.43. The molecule has 0 unspecified atom stereocenters. The third-order valence-electron chi connectivity index (χ3n) is 2.08. The highest BCUT2D eigenvalue weighted by atomic mass is 16.1. The summed E-state index contributed by atoms with van der Waals surface area (Å²) in [6.07, 6.45) is 1.55. The molecule has 1 amide bonds. The molecule has 0 fully saturated rings. The highest BCUT2D eigenvalue weighted by Gasteiger charge is 2.08. The maximum absolute atomic E-state index is 11.5. The molecular weight excluding hydrogens is 194 g/mol. The van der Waals surface area contributed by atoms with Gasteiger partial charge in [0.15, 0.2) is 5.65 Å². The van der Waals surface area contributed by atoms with E-state index in [2.05, 4.69) is 4.98 Å². The van der Waals surface area contributed by atoms with Gasteiger partial charge in [0.1, 0.15) is 0 Å². The zero-order chi connectivity index (χ0) is 11.0. The van der Waals surface area contributed by atoms with E-state index in [1.54, 1.807) is 25.3 Å². The summed E-state index contributed by atoms with van der Waals surface area (Å²) in [4.78, 5) is 26.8. The van der Waals surface area contributed by atoms with Gasteiger partial charge in [0.05, 0.1) is 5.56 Å². The number of nitrogens with zero attached hydrogens (tertiary/aromatic N) is 2. The molecule has 15 heavy (non-hydrogen) atoms. The lowest BCUT2D eigenvalue weighted by Gasteiger charge is -2.03. The molecule has 0 aliphatic heterocycles. The summed E-state index contributed by atoms with van der Waals surface area (Å²) in [5.41, 5.74) is 6.08. The smallest absolute Gasteiger partial charge is 0.258 e. The van der Waals surface area contributed by atoms with Gasteiger partial charge in [-0.3, -0.25) is 14.0 Å².